The molecule has 1 aromatic carbocycles. The zero-order valence-electron chi connectivity index (χ0n) is 14.4. The summed E-state index contributed by atoms with van der Waals surface area (Å²) in [4.78, 5) is 11.3. The van der Waals surface area contributed by atoms with Crippen LogP contribution < -0.4 is 5.32 Å². The van der Waals surface area contributed by atoms with Crippen LogP contribution in [0.25, 0.3) is 0 Å². The van der Waals surface area contributed by atoms with E-state index in [0.717, 1.165) is 16.5 Å². The summed E-state index contributed by atoms with van der Waals surface area (Å²) in [6, 6.07) is 6.48. The summed E-state index contributed by atoms with van der Waals surface area (Å²) in [7, 11) is 4.49. The molecule has 0 fully saturated rings. The minimum absolute atomic E-state index is 0.0859. The lowest BCUT2D eigenvalue weighted by Gasteiger charge is -2.33. The smallest absolute Gasteiger partial charge is 0.269 e. The summed E-state index contributed by atoms with van der Waals surface area (Å²) < 4.78 is 0.509. The zero-order chi connectivity index (χ0) is 17.6. The molecule has 124 valence electrons. The van der Waals surface area contributed by atoms with Crippen molar-refractivity contribution in [3.05, 3.63) is 45.4 Å². The second kappa shape index (κ2) is 5.70. The Hall–Kier alpha value is -1.77. The largest absolute Gasteiger partial charge is 0.309 e. The first kappa shape index (κ1) is 17.6. The predicted molar refractivity (Wildman–Crippen MR) is 99.6 cm³/mol. The Balaban J connectivity index is 2.46. The van der Waals surface area contributed by atoms with Crippen LogP contribution in [0.4, 0.5) is 11.4 Å². The second-order valence-corrected chi connectivity index (χ2v) is 12.5. The summed E-state index contributed by atoms with van der Waals surface area (Å²) in [5.41, 5.74) is 0.911. The third kappa shape index (κ3) is 3.14. The summed E-state index contributed by atoms with van der Waals surface area (Å²) in [5, 5.41) is 17.5. The van der Waals surface area contributed by atoms with Gasteiger partial charge in [-0.2, -0.15) is 4.59 Å². The van der Waals surface area contributed by atoms with E-state index in [0.29, 0.717) is 4.59 Å². The standard InChI is InChI=1S/C15H22N4O2SSi/c1-17-15(22)13(23(4,5)6)14(19(17,2)3)16-11-7-9-12(10-8-11)18(20)21/h7-10H,1-6H3/p+1. The molecule has 1 heterocycles. The highest BCUT2D eigenvalue weighted by Crippen LogP contribution is 2.35. The van der Waals surface area contributed by atoms with Gasteiger partial charge < -0.3 is 5.32 Å². The van der Waals surface area contributed by atoms with Crippen molar-refractivity contribution in [2.75, 3.05) is 26.5 Å². The van der Waals surface area contributed by atoms with Crippen molar-refractivity contribution >= 4 is 36.7 Å². The fourth-order valence-corrected chi connectivity index (χ4v) is 5.66. The van der Waals surface area contributed by atoms with E-state index in [1.54, 1.807) is 12.1 Å². The summed E-state index contributed by atoms with van der Waals surface area (Å²) >= 11 is 5.67. The normalized spacial score (nSPS) is 17.7. The van der Waals surface area contributed by atoms with E-state index >= 15 is 0 Å². The van der Waals surface area contributed by atoms with Crippen LogP contribution in [0.2, 0.25) is 19.6 Å². The fraction of sp³-hybridized carbons (Fsp3) is 0.400. The molecule has 0 saturated heterocycles. The van der Waals surface area contributed by atoms with Crippen molar-refractivity contribution in [2.24, 2.45) is 0 Å². The lowest BCUT2D eigenvalue weighted by Crippen LogP contribution is -2.50. The van der Waals surface area contributed by atoms with Gasteiger partial charge in [0.15, 0.2) is 4.99 Å². The van der Waals surface area contributed by atoms with Crippen molar-refractivity contribution in [1.82, 2.24) is 5.01 Å². The molecule has 0 spiro atoms. The van der Waals surface area contributed by atoms with Crippen molar-refractivity contribution in [3.63, 3.8) is 0 Å². The second-order valence-electron chi connectivity index (χ2n) is 7.13. The highest BCUT2D eigenvalue weighted by Gasteiger charge is 2.47. The van der Waals surface area contributed by atoms with Crippen LogP contribution in [0, 0.1) is 10.1 Å². The van der Waals surface area contributed by atoms with Gasteiger partial charge in [-0.25, -0.2) is 5.01 Å². The first-order valence-electron chi connectivity index (χ1n) is 7.35. The molecule has 23 heavy (non-hydrogen) atoms. The molecule has 0 aromatic heterocycles. The number of nitrogens with zero attached hydrogens (tertiary/aromatic N) is 3. The molecule has 1 aliphatic rings. The van der Waals surface area contributed by atoms with Gasteiger partial charge in [-0.3, -0.25) is 10.1 Å². The van der Waals surface area contributed by atoms with E-state index in [2.05, 4.69) is 44.1 Å². The monoisotopic (exact) mass is 351 g/mol. The van der Waals surface area contributed by atoms with Crippen LogP contribution in [0.3, 0.4) is 0 Å². The van der Waals surface area contributed by atoms with Gasteiger partial charge in [-0.15, -0.1) is 0 Å². The molecule has 8 heteroatoms. The van der Waals surface area contributed by atoms with Crippen molar-refractivity contribution in [1.29, 1.82) is 0 Å². The fourth-order valence-electron chi connectivity index (χ4n) is 2.59. The first-order chi connectivity index (χ1) is 10.5. The van der Waals surface area contributed by atoms with Crippen molar-refractivity contribution in [3.8, 4) is 0 Å². The van der Waals surface area contributed by atoms with E-state index in [4.69, 9.17) is 12.2 Å². The van der Waals surface area contributed by atoms with Crippen LogP contribution in [0.15, 0.2) is 35.3 Å². The van der Waals surface area contributed by atoms with E-state index in [1.807, 2.05) is 7.05 Å². The molecule has 1 aromatic rings. The SMILES string of the molecule is CN1C(=S)C([Si](C)(C)C)=C(Nc2ccc([N+](=O)[O-])cc2)[N+]1(C)C. The minimum Gasteiger partial charge on any atom is -0.309 e. The van der Waals surface area contributed by atoms with E-state index in [-0.39, 0.29) is 5.69 Å². The third-order valence-corrected chi connectivity index (χ3v) is 6.76. The molecule has 0 aliphatic carbocycles. The van der Waals surface area contributed by atoms with Gasteiger partial charge >= 0.3 is 0 Å². The summed E-state index contributed by atoms with van der Waals surface area (Å²) in [6.45, 7) is 6.81. The number of rotatable bonds is 4. The van der Waals surface area contributed by atoms with Gasteiger partial charge in [0.25, 0.3) is 5.69 Å². The molecule has 0 amide bonds. The van der Waals surface area contributed by atoms with Crippen molar-refractivity contribution < 1.29 is 9.52 Å². The number of nitrogens with one attached hydrogen (secondary N) is 1. The maximum atomic E-state index is 10.8. The average Bonchev–Trinajstić information content (AvgIpc) is 2.60. The molecule has 1 N–H and O–H groups in total. The highest BCUT2D eigenvalue weighted by molar-refractivity contribution is 7.81. The van der Waals surface area contributed by atoms with Gasteiger partial charge in [-0.1, -0.05) is 31.9 Å². The van der Waals surface area contributed by atoms with Gasteiger partial charge in [0, 0.05) is 17.8 Å². The van der Waals surface area contributed by atoms with Crippen LogP contribution >= 0.6 is 12.2 Å². The van der Waals surface area contributed by atoms with Crippen LogP contribution in [-0.2, 0) is 0 Å². The Morgan fingerprint density at radius 3 is 2.17 bits per heavy atom. The number of likely N-dealkylation sites (N-methyl/N-ethyl adjacent to an activating group) is 1. The third-order valence-electron chi connectivity index (χ3n) is 4.13. The van der Waals surface area contributed by atoms with Gasteiger partial charge in [0.1, 0.15) is 0 Å². The molecule has 0 atom stereocenters. The number of benzene rings is 1. The van der Waals surface area contributed by atoms with Crippen LogP contribution in [-0.4, -0.2) is 48.7 Å². The number of nitro groups is 1. The number of non-ortho nitro benzene ring substituents is 1. The number of nitro benzene ring substituents is 1. The lowest BCUT2D eigenvalue weighted by atomic mass is 10.3. The molecule has 0 unspecified atom stereocenters. The van der Waals surface area contributed by atoms with Gasteiger partial charge in [-0.05, 0) is 12.1 Å². The topological polar surface area (TPSA) is 58.4 Å². The van der Waals surface area contributed by atoms with Crippen LogP contribution in [0.5, 0.6) is 0 Å². The zero-order valence-corrected chi connectivity index (χ0v) is 16.2. The first-order valence-corrected chi connectivity index (χ1v) is 11.3. The summed E-state index contributed by atoms with van der Waals surface area (Å²) in [5.74, 6) is 1.05. The number of anilines is 1. The quantitative estimate of drug-likeness (QED) is 0.296. The number of hydrogen-bond acceptors (Lipinski definition) is 4. The molecular formula is C15H23N4O2SSi+. The Kier molecular flexibility index (Phi) is 4.35. The molecule has 0 bridgehead atoms. The van der Waals surface area contributed by atoms with Gasteiger partial charge in [0.05, 0.1) is 39.3 Å². The Morgan fingerprint density at radius 2 is 1.74 bits per heavy atom. The van der Waals surface area contributed by atoms with Gasteiger partial charge in [0.2, 0.25) is 5.82 Å². The van der Waals surface area contributed by atoms with Crippen LogP contribution in [0.1, 0.15) is 0 Å². The molecule has 0 radical (unpaired) electrons. The Bertz CT molecular complexity index is 692. The maximum absolute atomic E-state index is 10.8. The van der Waals surface area contributed by atoms with Crippen molar-refractivity contribution in [2.45, 2.75) is 19.6 Å². The Morgan fingerprint density at radius 1 is 1.22 bits per heavy atom. The average molecular weight is 352 g/mol. The lowest BCUT2D eigenvalue weighted by molar-refractivity contribution is -0.946. The molecular weight excluding hydrogens is 328 g/mol. The number of quaternary nitrogens is 1. The van der Waals surface area contributed by atoms with E-state index < -0.39 is 13.0 Å². The summed E-state index contributed by atoms with van der Waals surface area (Å²) in [6.07, 6.45) is 0. The predicted octanol–water partition coefficient (Wildman–Crippen LogP) is 3.36. The maximum Gasteiger partial charge on any atom is 0.269 e. The number of hydrogen-bond donors (Lipinski definition) is 1. The number of thiocarbonyl (C=S) groups is 1. The molecule has 6 nitrogen and oxygen atoms in total. The highest BCUT2D eigenvalue weighted by atomic mass is 32.1. The van der Waals surface area contributed by atoms with E-state index in [1.165, 1.54) is 17.3 Å². The van der Waals surface area contributed by atoms with E-state index in [9.17, 15) is 10.1 Å². The molecule has 1 aliphatic heterocycles. The Labute approximate surface area is 143 Å². The molecule has 2 rings (SSSR count). The minimum atomic E-state index is -1.65. The molecule has 0 saturated carbocycles.